The number of rotatable bonds is 4. The first kappa shape index (κ1) is 13.7. The van der Waals surface area contributed by atoms with Crippen LogP contribution in [0.1, 0.15) is 11.3 Å². The molecule has 0 unspecified atom stereocenters. The molecule has 0 amide bonds. The minimum Gasteiger partial charge on any atom is -0.497 e. The van der Waals surface area contributed by atoms with E-state index < -0.39 is 0 Å². The van der Waals surface area contributed by atoms with Crippen molar-refractivity contribution in [2.45, 2.75) is 13.5 Å². The predicted octanol–water partition coefficient (Wildman–Crippen LogP) is 3.36. The summed E-state index contributed by atoms with van der Waals surface area (Å²) in [7, 11) is 1.66. The van der Waals surface area contributed by atoms with Crippen LogP contribution in [0.4, 0.5) is 11.5 Å². The predicted molar refractivity (Wildman–Crippen MR) is 81.4 cm³/mol. The van der Waals surface area contributed by atoms with Gasteiger partial charge in [-0.1, -0.05) is 12.1 Å². The molecule has 3 N–H and O–H groups in total. The van der Waals surface area contributed by atoms with Gasteiger partial charge in [0.25, 0.3) is 0 Å². The molecule has 0 fully saturated rings. The van der Waals surface area contributed by atoms with Crippen LogP contribution in [0.2, 0.25) is 0 Å². The maximum absolute atomic E-state index is 5.93. The van der Waals surface area contributed by atoms with E-state index in [1.54, 1.807) is 7.11 Å². The van der Waals surface area contributed by atoms with Crippen LogP contribution in [0.3, 0.4) is 0 Å². The molecule has 19 heavy (non-hydrogen) atoms. The molecular formula is C14H16BrN3O. The lowest BCUT2D eigenvalue weighted by Gasteiger charge is -2.10. The number of methoxy groups -OCH3 is 1. The second-order valence-electron chi connectivity index (χ2n) is 4.20. The van der Waals surface area contributed by atoms with Crippen molar-refractivity contribution in [3.63, 3.8) is 0 Å². The Morgan fingerprint density at radius 1 is 1.32 bits per heavy atom. The summed E-state index contributed by atoms with van der Waals surface area (Å²) in [5.74, 6) is 1.55. The van der Waals surface area contributed by atoms with Crippen LogP contribution in [0.25, 0.3) is 0 Å². The smallest absolute Gasteiger partial charge is 0.149 e. The number of ether oxygens (including phenoxy) is 1. The zero-order valence-electron chi connectivity index (χ0n) is 10.9. The Morgan fingerprint density at radius 3 is 2.63 bits per heavy atom. The van der Waals surface area contributed by atoms with Crippen molar-refractivity contribution < 1.29 is 4.74 Å². The fourth-order valence-electron chi connectivity index (χ4n) is 1.67. The largest absolute Gasteiger partial charge is 0.497 e. The number of hydrogen-bond donors (Lipinski definition) is 2. The van der Waals surface area contributed by atoms with E-state index in [1.807, 2.05) is 37.3 Å². The molecule has 2 aromatic rings. The lowest BCUT2D eigenvalue weighted by atomic mass is 10.2. The SMILES string of the molecule is COc1ccc(CNc2nc(C)c(Br)cc2N)cc1. The lowest BCUT2D eigenvalue weighted by molar-refractivity contribution is 0.414. The van der Waals surface area contributed by atoms with Gasteiger partial charge in [0, 0.05) is 11.0 Å². The topological polar surface area (TPSA) is 60.2 Å². The van der Waals surface area contributed by atoms with Gasteiger partial charge in [-0.05, 0) is 46.6 Å². The molecule has 0 saturated carbocycles. The number of nitrogens with one attached hydrogen (secondary N) is 1. The van der Waals surface area contributed by atoms with Crippen molar-refractivity contribution in [3.8, 4) is 5.75 Å². The van der Waals surface area contributed by atoms with E-state index >= 15 is 0 Å². The van der Waals surface area contributed by atoms with Gasteiger partial charge in [0.05, 0.1) is 18.5 Å². The van der Waals surface area contributed by atoms with Gasteiger partial charge in [-0.3, -0.25) is 0 Å². The van der Waals surface area contributed by atoms with Gasteiger partial charge in [-0.15, -0.1) is 0 Å². The van der Waals surface area contributed by atoms with Gasteiger partial charge in [-0.2, -0.15) is 0 Å². The second kappa shape index (κ2) is 5.93. The Balaban J connectivity index is 2.07. The summed E-state index contributed by atoms with van der Waals surface area (Å²) in [4.78, 5) is 4.41. The molecule has 2 rings (SSSR count). The Hall–Kier alpha value is -1.75. The maximum atomic E-state index is 5.93. The zero-order valence-corrected chi connectivity index (χ0v) is 12.5. The first-order valence-corrected chi connectivity index (χ1v) is 6.69. The second-order valence-corrected chi connectivity index (χ2v) is 5.05. The van der Waals surface area contributed by atoms with E-state index in [-0.39, 0.29) is 0 Å². The van der Waals surface area contributed by atoms with E-state index in [4.69, 9.17) is 10.5 Å². The average Bonchev–Trinajstić information content (AvgIpc) is 2.42. The molecule has 0 bridgehead atoms. The Morgan fingerprint density at radius 2 is 2.00 bits per heavy atom. The van der Waals surface area contributed by atoms with Crippen LogP contribution < -0.4 is 15.8 Å². The quantitative estimate of drug-likeness (QED) is 0.906. The normalized spacial score (nSPS) is 10.3. The van der Waals surface area contributed by atoms with Gasteiger partial charge in [-0.25, -0.2) is 4.98 Å². The fraction of sp³-hybridized carbons (Fsp3) is 0.214. The molecule has 0 atom stereocenters. The van der Waals surface area contributed by atoms with Crippen LogP contribution in [0, 0.1) is 6.92 Å². The highest BCUT2D eigenvalue weighted by Crippen LogP contribution is 2.24. The van der Waals surface area contributed by atoms with Crippen molar-refractivity contribution in [1.29, 1.82) is 0 Å². The number of aryl methyl sites for hydroxylation is 1. The number of hydrogen-bond acceptors (Lipinski definition) is 4. The number of anilines is 2. The number of aromatic nitrogens is 1. The summed E-state index contributed by atoms with van der Waals surface area (Å²) >= 11 is 3.41. The first-order valence-electron chi connectivity index (χ1n) is 5.89. The zero-order chi connectivity index (χ0) is 13.8. The number of halogens is 1. The summed E-state index contributed by atoms with van der Waals surface area (Å²) < 4.78 is 6.04. The van der Waals surface area contributed by atoms with Crippen molar-refractivity contribution in [2.75, 3.05) is 18.2 Å². The molecule has 1 aromatic heterocycles. The van der Waals surface area contributed by atoms with Crippen LogP contribution in [-0.4, -0.2) is 12.1 Å². The lowest BCUT2D eigenvalue weighted by Crippen LogP contribution is -2.05. The van der Waals surface area contributed by atoms with Gasteiger partial charge in [0.2, 0.25) is 0 Å². The number of pyridine rings is 1. The first-order chi connectivity index (χ1) is 9.10. The molecule has 1 heterocycles. The van der Waals surface area contributed by atoms with Crippen molar-refractivity contribution >= 4 is 27.4 Å². The molecule has 1 aromatic carbocycles. The van der Waals surface area contributed by atoms with E-state index in [1.165, 1.54) is 0 Å². The van der Waals surface area contributed by atoms with Crippen LogP contribution in [-0.2, 0) is 6.54 Å². The summed E-state index contributed by atoms with van der Waals surface area (Å²) in [5, 5.41) is 3.24. The molecule has 0 saturated heterocycles. The molecule has 4 nitrogen and oxygen atoms in total. The highest BCUT2D eigenvalue weighted by Gasteiger charge is 2.05. The number of nitrogens with two attached hydrogens (primary N) is 1. The number of nitrogen functional groups attached to an aromatic ring is 1. The van der Waals surface area contributed by atoms with Crippen LogP contribution in [0.5, 0.6) is 5.75 Å². The highest BCUT2D eigenvalue weighted by molar-refractivity contribution is 9.10. The van der Waals surface area contributed by atoms with E-state index in [0.29, 0.717) is 18.1 Å². The molecule has 0 aliphatic carbocycles. The van der Waals surface area contributed by atoms with Gasteiger partial charge in [0.15, 0.2) is 0 Å². The van der Waals surface area contributed by atoms with Crippen molar-refractivity contribution in [2.24, 2.45) is 0 Å². The molecular weight excluding hydrogens is 306 g/mol. The van der Waals surface area contributed by atoms with Crippen LogP contribution in [0.15, 0.2) is 34.8 Å². The summed E-state index contributed by atoms with van der Waals surface area (Å²) in [6.45, 7) is 2.60. The Labute approximate surface area is 121 Å². The third kappa shape index (κ3) is 3.38. The average molecular weight is 322 g/mol. The van der Waals surface area contributed by atoms with Gasteiger partial charge < -0.3 is 15.8 Å². The van der Waals surface area contributed by atoms with Crippen LogP contribution >= 0.6 is 15.9 Å². The Bertz CT molecular complexity index is 570. The number of nitrogens with zero attached hydrogens (tertiary/aromatic N) is 1. The molecule has 5 heteroatoms. The fourth-order valence-corrected chi connectivity index (χ4v) is 2.00. The van der Waals surface area contributed by atoms with Gasteiger partial charge in [0.1, 0.15) is 11.6 Å². The summed E-state index contributed by atoms with van der Waals surface area (Å²) in [6, 6.07) is 9.74. The minimum absolute atomic E-state index is 0.631. The molecule has 0 aliphatic rings. The summed E-state index contributed by atoms with van der Waals surface area (Å²) in [5.41, 5.74) is 8.61. The number of benzene rings is 1. The molecule has 0 aliphatic heterocycles. The molecule has 100 valence electrons. The van der Waals surface area contributed by atoms with E-state index in [9.17, 15) is 0 Å². The van der Waals surface area contributed by atoms with Crippen molar-refractivity contribution in [1.82, 2.24) is 4.98 Å². The van der Waals surface area contributed by atoms with Crippen molar-refractivity contribution in [3.05, 3.63) is 46.1 Å². The monoisotopic (exact) mass is 321 g/mol. The van der Waals surface area contributed by atoms with Gasteiger partial charge >= 0.3 is 0 Å². The van der Waals surface area contributed by atoms with E-state index in [0.717, 1.165) is 21.5 Å². The molecule has 0 spiro atoms. The summed E-state index contributed by atoms with van der Waals surface area (Å²) in [6.07, 6.45) is 0. The highest BCUT2D eigenvalue weighted by atomic mass is 79.9. The third-order valence-electron chi connectivity index (χ3n) is 2.80. The van der Waals surface area contributed by atoms with E-state index in [2.05, 4.69) is 26.2 Å². The molecule has 0 radical (unpaired) electrons. The third-order valence-corrected chi connectivity index (χ3v) is 3.60. The standard InChI is InChI=1S/C14H16BrN3O/c1-9-12(15)7-13(16)14(18-9)17-8-10-3-5-11(19-2)6-4-10/h3-7H,8,16H2,1-2H3,(H,17,18). The Kier molecular flexibility index (Phi) is 4.27. The maximum Gasteiger partial charge on any atom is 0.149 e. The minimum atomic E-state index is 0.631.